The summed E-state index contributed by atoms with van der Waals surface area (Å²) in [6.45, 7) is 11.1. The molecule has 0 radical (unpaired) electrons. The molecule has 1 N–H and O–H groups in total. The van der Waals surface area contributed by atoms with Gasteiger partial charge in [-0.1, -0.05) is 58.9 Å². The third-order valence-electron chi connectivity index (χ3n) is 4.61. The maximum absolute atomic E-state index is 12.6. The Labute approximate surface area is 152 Å². The van der Waals surface area contributed by atoms with Crippen molar-refractivity contribution in [2.24, 2.45) is 5.41 Å². The molecule has 0 spiro atoms. The summed E-state index contributed by atoms with van der Waals surface area (Å²) in [4.78, 5) is 26.5. The Morgan fingerprint density at radius 3 is 2.24 bits per heavy atom. The van der Waals surface area contributed by atoms with Crippen LogP contribution in [0.1, 0.15) is 70.9 Å². The van der Waals surface area contributed by atoms with E-state index in [9.17, 15) is 9.59 Å². The van der Waals surface area contributed by atoms with Crippen LogP contribution in [0.5, 0.6) is 0 Å². The van der Waals surface area contributed by atoms with Gasteiger partial charge in [0.05, 0.1) is 0 Å². The van der Waals surface area contributed by atoms with Gasteiger partial charge in [-0.25, -0.2) is 0 Å². The minimum absolute atomic E-state index is 0.0115. The Bertz CT molecular complexity index is 595. The summed E-state index contributed by atoms with van der Waals surface area (Å²) in [6.07, 6.45) is 2.54. The van der Waals surface area contributed by atoms with E-state index in [0.29, 0.717) is 31.5 Å². The summed E-state index contributed by atoms with van der Waals surface area (Å²) >= 11 is 0. The van der Waals surface area contributed by atoms with Crippen LogP contribution in [0.15, 0.2) is 24.3 Å². The molecule has 1 aromatic carbocycles. The van der Waals surface area contributed by atoms with Gasteiger partial charge in [-0.15, -0.1) is 0 Å². The Balaban J connectivity index is 1.89. The first-order valence-electron chi connectivity index (χ1n) is 9.35. The maximum Gasteiger partial charge on any atom is 0.225 e. The topological polar surface area (TPSA) is 49.4 Å². The summed E-state index contributed by atoms with van der Waals surface area (Å²) in [7, 11) is 0. The number of carbonyl (C=O) groups excluding carboxylic acids is 2. The minimum atomic E-state index is -0.419. The van der Waals surface area contributed by atoms with E-state index in [4.69, 9.17) is 0 Å². The summed E-state index contributed by atoms with van der Waals surface area (Å²) in [5, 5.41) is 2.87. The average Bonchev–Trinajstić information content (AvgIpc) is 3.36. The zero-order chi connectivity index (χ0) is 18.6. The van der Waals surface area contributed by atoms with Gasteiger partial charge in [0.2, 0.25) is 11.8 Å². The van der Waals surface area contributed by atoms with Crippen LogP contribution in [0.25, 0.3) is 0 Å². The third kappa shape index (κ3) is 5.87. The van der Waals surface area contributed by atoms with Gasteiger partial charge in [-0.2, -0.15) is 0 Å². The fourth-order valence-electron chi connectivity index (χ4n) is 2.70. The lowest BCUT2D eigenvalue weighted by Gasteiger charge is -2.24. The average molecular weight is 344 g/mol. The Morgan fingerprint density at radius 1 is 1.16 bits per heavy atom. The lowest BCUT2D eigenvalue weighted by atomic mass is 9.96. The number of nitrogens with zero attached hydrogens (tertiary/aromatic N) is 1. The SMILES string of the molecule is CC(C)c1ccc(CN(C(=O)CCNC(=O)C(C)(C)C)C2CC2)cc1. The molecule has 0 unspecified atom stereocenters. The number of nitrogens with one attached hydrogen (secondary N) is 1. The van der Waals surface area contributed by atoms with Crippen molar-refractivity contribution in [2.75, 3.05) is 6.54 Å². The van der Waals surface area contributed by atoms with Gasteiger partial charge in [-0.3, -0.25) is 9.59 Å². The van der Waals surface area contributed by atoms with Gasteiger partial charge in [0.15, 0.2) is 0 Å². The first kappa shape index (κ1) is 19.5. The van der Waals surface area contributed by atoms with Crippen molar-refractivity contribution >= 4 is 11.8 Å². The van der Waals surface area contributed by atoms with Crippen LogP contribution in [-0.2, 0) is 16.1 Å². The van der Waals surface area contributed by atoms with Crippen LogP contribution in [0.3, 0.4) is 0 Å². The largest absolute Gasteiger partial charge is 0.355 e. The summed E-state index contributed by atoms with van der Waals surface area (Å²) in [5.41, 5.74) is 2.07. The normalized spacial score (nSPS) is 14.5. The summed E-state index contributed by atoms with van der Waals surface area (Å²) in [6, 6.07) is 8.92. The van der Waals surface area contributed by atoms with Gasteiger partial charge in [-0.05, 0) is 29.9 Å². The Kier molecular flexibility index (Phi) is 6.26. The first-order valence-corrected chi connectivity index (χ1v) is 9.35. The van der Waals surface area contributed by atoms with Crippen LogP contribution in [-0.4, -0.2) is 29.3 Å². The van der Waals surface area contributed by atoms with Crippen molar-refractivity contribution in [1.82, 2.24) is 10.2 Å². The number of carbonyl (C=O) groups is 2. The highest BCUT2D eigenvalue weighted by molar-refractivity contribution is 5.82. The molecule has 1 aliphatic rings. The Morgan fingerprint density at radius 2 is 1.76 bits per heavy atom. The molecule has 0 atom stereocenters. The van der Waals surface area contributed by atoms with E-state index in [2.05, 4.69) is 43.4 Å². The molecule has 0 saturated heterocycles. The van der Waals surface area contributed by atoms with E-state index in [1.54, 1.807) is 0 Å². The highest BCUT2D eigenvalue weighted by atomic mass is 16.2. The molecule has 0 heterocycles. The third-order valence-corrected chi connectivity index (χ3v) is 4.61. The molecule has 4 nitrogen and oxygen atoms in total. The van der Waals surface area contributed by atoms with Crippen molar-refractivity contribution in [1.29, 1.82) is 0 Å². The molecule has 0 bridgehead atoms. The molecule has 4 heteroatoms. The standard InChI is InChI=1S/C21H32N2O2/c1-15(2)17-8-6-16(7-9-17)14-23(18-10-11-18)19(24)12-13-22-20(25)21(3,4)5/h6-9,15,18H,10-14H2,1-5H3,(H,22,25). The molecule has 1 aliphatic carbocycles. The zero-order valence-corrected chi connectivity index (χ0v) is 16.3. The smallest absolute Gasteiger partial charge is 0.225 e. The van der Waals surface area contributed by atoms with Crippen molar-refractivity contribution in [3.05, 3.63) is 35.4 Å². The van der Waals surface area contributed by atoms with E-state index in [1.165, 1.54) is 11.1 Å². The number of rotatable bonds is 7. The van der Waals surface area contributed by atoms with E-state index in [-0.39, 0.29) is 11.8 Å². The highest BCUT2D eigenvalue weighted by Crippen LogP contribution is 2.29. The Hall–Kier alpha value is -1.84. The van der Waals surface area contributed by atoms with Gasteiger partial charge >= 0.3 is 0 Å². The van der Waals surface area contributed by atoms with Gasteiger partial charge in [0.1, 0.15) is 0 Å². The minimum Gasteiger partial charge on any atom is -0.355 e. The number of benzene rings is 1. The van der Waals surface area contributed by atoms with Crippen molar-refractivity contribution in [3.63, 3.8) is 0 Å². The van der Waals surface area contributed by atoms with Gasteiger partial charge in [0, 0.05) is 31.0 Å². The van der Waals surface area contributed by atoms with E-state index in [1.807, 2.05) is 25.7 Å². The molecule has 2 rings (SSSR count). The van der Waals surface area contributed by atoms with Gasteiger partial charge in [0.25, 0.3) is 0 Å². The molecule has 2 amide bonds. The lowest BCUT2D eigenvalue weighted by molar-refractivity contribution is -0.132. The molecule has 1 saturated carbocycles. The van der Waals surface area contributed by atoms with E-state index in [0.717, 1.165) is 12.8 Å². The predicted octanol–water partition coefficient (Wildman–Crippen LogP) is 3.85. The van der Waals surface area contributed by atoms with Crippen molar-refractivity contribution in [3.8, 4) is 0 Å². The monoisotopic (exact) mass is 344 g/mol. The quantitative estimate of drug-likeness (QED) is 0.817. The molecule has 25 heavy (non-hydrogen) atoms. The number of amides is 2. The highest BCUT2D eigenvalue weighted by Gasteiger charge is 2.32. The van der Waals surface area contributed by atoms with Crippen LogP contribution in [0.2, 0.25) is 0 Å². The zero-order valence-electron chi connectivity index (χ0n) is 16.3. The van der Waals surface area contributed by atoms with Crippen LogP contribution < -0.4 is 5.32 Å². The predicted molar refractivity (Wildman–Crippen MR) is 101 cm³/mol. The molecule has 1 fully saturated rings. The maximum atomic E-state index is 12.6. The second kappa shape index (κ2) is 8.03. The van der Waals surface area contributed by atoms with Crippen LogP contribution in [0, 0.1) is 5.41 Å². The van der Waals surface area contributed by atoms with Crippen molar-refractivity contribution in [2.45, 2.75) is 72.4 Å². The first-order chi connectivity index (χ1) is 11.7. The number of hydrogen-bond acceptors (Lipinski definition) is 2. The van der Waals surface area contributed by atoms with E-state index >= 15 is 0 Å². The molecule has 0 aromatic heterocycles. The number of hydrogen-bond donors (Lipinski definition) is 1. The second-order valence-corrected chi connectivity index (χ2v) is 8.40. The molecule has 0 aliphatic heterocycles. The second-order valence-electron chi connectivity index (χ2n) is 8.40. The molecular weight excluding hydrogens is 312 g/mol. The fraction of sp³-hybridized carbons (Fsp3) is 0.619. The molecular formula is C21H32N2O2. The lowest BCUT2D eigenvalue weighted by Crippen LogP contribution is -2.39. The van der Waals surface area contributed by atoms with E-state index < -0.39 is 5.41 Å². The van der Waals surface area contributed by atoms with Crippen LogP contribution in [0.4, 0.5) is 0 Å². The van der Waals surface area contributed by atoms with Crippen LogP contribution >= 0.6 is 0 Å². The van der Waals surface area contributed by atoms with Gasteiger partial charge < -0.3 is 10.2 Å². The summed E-state index contributed by atoms with van der Waals surface area (Å²) < 4.78 is 0. The molecule has 1 aromatic rings. The summed E-state index contributed by atoms with van der Waals surface area (Å²) in [5.74, 6) is 0.633. The van der Waals surface area contributed by atoms with Crippen molar-refractivity contribution < 1.29 is 9.59 Å². The fourth-order valence-corrected chi connectivity index (χ4v) is 2.70. The molecule has 138 valence electrons.